The van der Waals surface area contributed by atoms with E-state index < -0.39 is 18.3 Å². The van der Waals surface area contributed by atoms with Gasteiger partial charge in [0.2, 0.25) is 5.91 Å². The third-order valence-electron chi connectivity index (χ3n) is 4.80. The van der Waals surface area contributed by atoms with Crippen molar-refractivity contribution in [3.63, 3.8) is 0 Å². The molecule has 1 aliphatic heterocycles. The Morgan fingerprint density at radius 2 is 1.92 bits per heavy atom. The van der Waals surface area contributed by atoms with Crippen LogP contribution in [-0.4, -0.2) is 37.9 Å². The van der Waals surface area contributed by atoms with E-state index in [0.29, 0.717) is 11.3 Å². The molecule has 1 aromatic rings. The first-order chi connectivity index (χ1) is 12.1. The lowest BCUT2D eigenvalue weighted by molar-refractivity contribution is -0.118. The summed E-state index contributed by atoms with van der Waals surface area (Å²) in [5.74, 6) is 0.478. The van der Waals surface area contributed by atoms with E-state index in [1.54, 1.807) is 25.3 Å². The zero-order chi connectivity index (χ0) is 19.5. The van der Waals surface area contributed by atoms with Crippen LogP contribution in [0.5, 0.6) is 5.75 Å². The van der Waals surface area contributed by atoms with Crippen molar-refractivity contribution in [1.29, 1.82) is 5.26 Å². The Morgan fingerprint density at radius 3 is 2.42 bits per heavy atom. The molecule has 0 aromatic heterocycles. The van der Waals surface area contributed by atoms with Crippen LogP contribution in [0.4, 0.5) is 0 Å². The van der Waals surface area contributed by atoms with Gasteiger partial charge in [0, 0.05) is 19.0 Å². The summed E-state index contributed by atoms with van der Waals surface area (Å²) in [6, 6.07) is 7.29. The van der Waals surface area contributed by atoms with Crippen molar-refractivity contribution in [2.75, 3.05) is 13.7 Å². The number of carbonyl (C=O) groups excluding carboxylic acids is 1. The fourth-order valence-electron chi connectivity index (χ4n) is 2.54. The first kappa shape index (κ1) is 20.0. The summed E-state index contributed by atoms with van der Waals surface area (Å²) in [5.41, 5.74) is 0.996. The minimum atomic E-state index is -0.609. The van der Waals surface area contributed by atoms with Crippen molar-refractivity contribution >= 4 is 19.1 Å². The number of amides is 1. The molecule has 6 nitrogen and oxygen atoms in total. The van der Waals surface area contributed by atoms with Crippen molar-refractivity contribution in [1.82, 2.24) is 5.32 Å². The zero-order valence-electron chi connectivity index (χ0n) is 16.2. The molecule has 0 spiro atoms. The third-order valence-corrected chi connectivity index (χ3v) is 4.80. The monoisotopic (exact) mass is 356 g/mol. The van der Waals surface area contributed by atoms with Gasteiger partial charge >= 0.3 is 7.12 Å². The molecular weight excluding hydrogens is 331 g/mol. The SMILES string of the molecule is COc1ccc(C#N)cc1C=C(CNC(C)=O)B1OC(C)(C)C(C)(C)O1. The Morgan fingerprint density at radius 1 is 1.31 bits per heavy atom. The van der Waals surface area contributed by atoms with Crippen molar-refractivity contribution in [3.8, 4) is 11.8 Å². The number of nitrogens with zero attached hydrogens (tertiary/aromatic N) is 1. The number of nitriles is 1. The van der Waals surface area contributed by atoms with Gasteiger partial charge in [-0.05, 0) is 51.4 Å². The predicted octanol–water partition coefficient (Wildman–Crippen LogP) is 2.72. The number of benzene rings is 1. The van der Waals surface area contributed by atoms with E-state index in [4.69, 9.17) is 19.3 Å². The van der Waals surface area contributed by atoms with E-state index in [1.165, 1.54) is 6.92 Å². The van der Waals surface area contributed by atoms with Gasteiger partial charge in [-0.15, -0.1) is 0 Å². The van der Waals surface area contributed by atoms with E-state index in [-0.39, 0.29) is 12.5 Å². The van der Waals surface area contributed by atoms with Gasteiger partial charge in [0.15, 0.2) is 0 Å². The van der Waals surface area contributed by atoms with E-state index in [2.05, 4.69) is 11.4 Å². The third kappa shape index (κ3) is 4.27. The van der Waals surface area contributed by atoms with E-state index in [1.807, 2.05) is 33.8 Å². The van der Waals surface area contributed by atoms with Crippen LogP contribution in [0.1, 0.15) is 45.7 Å². The fraction of sp³-hybridized carbons (Fsp3) is 0.474. The average molecular weight is 356 g/mol. The highest BCUT2D eigenvalue weighted by molar-refractivity contribution is 6.56. The maximum Gasteiger partial charge on any atom is 0.492 e. The normalized spacial score (nSPS) is 18.3. The van der Waals surface area contributed by atoms with Crippen LogP contribution >= 0.6 is 0 Å². The lowest BCUT2D eigenvalue weighted by atomic mass is 9.76. The molecule has 7 heteroatoms. The van der Waals surface area contributed by atoms with Gasteiger partial charge in [0.1, 0.15) is 5.75 Å². The van der Waals surface area contributed by atoms with Crippen molar-refractivity contribution in [3.05, 3.63) is 34.8 Å². The first-order valence-electron chi connectivity index (χ1n) is 8.48. The molecule has 1 N–H and O–H groups in total. The van der Waals surface area contributed by atoms with Crippen LogP contribution < -0.4 is 10.1 Å². The Balaban J connectivity index is 2.44. The summed E-state index contributed by atoms with van der Waals surface area (Å²) >= 11 is 0. The van der Waals surface area contributed by atoms with Gasteiger partial charge in [0.05, 0.1) is 29.9 Å². The van der Waals surface area contributed by atoms with Gasteiger partial charge in [-0.3, -0.25) is 4.79 Å². The first-order valence-corrected chi connectivity index (χ1v) is 8.48. The number of rotatable bonds is 5. The minimum Gasteiger partial charge on any atom is -0.496 e. The zero-order valence-corrected chi connectivity index (χ0v) is 16.2. The Hall–Kier alpha value is -2.30. The number of hydrogen-bond donors (Lipinski definition) is 1. The Labute approximate surface area is 155 Å². The Kier molecular flexibility index (Phi) is 5.79. The minimum absolute atomic E-state index is 0.148. The molecular formula is C19H25BN2O4. The molecule has 26 heavy (non-hydrogen) atoms. The van der Waals surface area contributed by atoms with Crippen LogP contribution in [0.15, 0.2) is 23.7 Å². The average Bonchev–Trinajstić information content (AvgIpc) is 2.78. The lowest BCUT2D eigenvalue weighted by Crippen LogP contribution is -2.41. The van der Waals surface area contributed by atoms with Crippen molar-refractivity contribution in [2.45, 2.75) is 45.8 Å². The molecule has 1 amide bonds. The summed E-state index contributed by atoms with van der Waals surface area (Å²) < 4.78 is 17.6. The molecule has 1 fully saturated rings. The number of methoxy groups -OCH3 is 1. The maximum absolute atomic E-state index is 11.4. The number of nitrogens with one attached hydrogen (secondary N) is 1. The molecule has 0 radical (unpaired) electrons. The molecule has 0 saturated carbocycles. The molecule has 1 aromatic carbocycles. The van der Waals surface area contributed by atoms with Gasteiger partial charge < -0.3 is 19.4 Å². The molecule has 0 atom stereocenters. The van der Waals surface area contributed by atoms with Gasteiger partial charge in [0.25, 0.3) is 0 Å². The number of carbonyl (C=O) groups is 1. The highest BCUT2D eigenvalue weighted by atomic mass is 16.7. The largest absolute Gasteiger partial charge is 0.496 e. The van der Waals surface area contributed by atoms with Gasteiger partial charge in [-0.1, -0.05) is 6.08 Å². The van der Waals surface area contributed by atoms with Crippen LogP contribution in [0, 0.1) is 11.3 Å². The maximum atomic E-state index is 11.4. The quantitative estimate of drug-likeness (QED) is 0.821. The molecule has 1 aliphatic rings. The molecule has 0 unspecified atom stereocenters. The van der Waals surface area contributed by atoms with E-state index in [9.17, 15) is 4.79 Å². The topological polar surface area (TPSA) is 80.6 Å². The molecule has 1 heterocycles. The number of hydrogen-bond acceptors (Lipinski definition) is 5. The fourth-order valence-corrected chi connectivity index (χ4v) is 2.54. The summed E-state index contributed by atoms with van der Waals surface area (Å²) in [6.45, 7) is 9.62. The second-order valence-corrected chi connectivity index (χ2v) is 7.29. The van der Waals surface area contributed by atoms with Crippen LogP contribution in [0.2, 0.25) is 0 Å². The summed E-state index contributed by atoms with van der Waals surface area (Å²) in [4.78, 5) is 11.4. The second kappa shape index (κ2) is 7.52. The summed E-state index contributed by atoms with van der Waals surface area (Å²) in [6.07, 6.45) is 1.84. The highest BCUT2D eigenvalue weighted by Gasteiger charge is 2.52. The van der Waals surface area contributed by atoms with Gasteiger partial charge in [-0.25, -0.2) is 0 Å². The molecule has 0 aliphatic carbocycles. The smallest absolute Gasteiger partial charge is 0.492 e. The highest BCUT2D eigenvalue weighted by Crippen LogP contribution is 2.39. The molecule has 1 saturated heterocycles. The standard InChI is InChI=1S/C19H25BN2O4/c1-13(23)22-12-16(20-25-18(2,3)19(4,5)26-20)10-15-9-14(11-21)7-8-17(15)24-6/h7-10H,12H2,1-6H3,(H,22,23). The van der Waals surface area contributed by atoms with Crippen LogP contribution in [-0.2, 0) is 14.1 Å². The van der Waals surface area contributed by atoms with Crippen LogP contribution in [0.3, 0.4) is 0 Å². The second-order valence-electron chi connectivity index (χ2n) is 7.29. The van der Waals surface area contributed by atoms with E-state index >= 15 is 0 Å². The van der Waals surface area contributed by atoms with Crippen LogP contribution in [0.25, 0.3) is 6.08 Å². The summed E-state index contributed by atoms with van der Waals surface area (Å²) in [5, 5.41) is 12.0. The Bertz CT molecular complexity index is 749. The predicted molar refractivity (Wildman–Crippen MR) is 100 cm³/mol. The van der Waals surface area contributed by atoms with E-state index in [0.717, 1.165) is 11.0 Å². The molecule has 0 bridgehead atoms. The number of ether oxygens (including phenoxy) is 1. The lowest BCUT2D eigenvalue weighted by Gasteiger charge is -2.32. The summed E-state index contributed by atoms with van der Waals surface area (Å²) in [7, 11) is 0.961. The van der Waals surface area contributed by atoms with Gasteiger partial charge in [-0.2, -0.15) is 5.26 Å². The molecule has 2 rings (SSSR count). The van der Waals surface area contributed by atoms with Crippen molar-refractivity contribution in [2.24, 2.45) is 0 Å². The molecule has 138 valence electrons. The van der Waals surface area contributed by atoms with Crippen molar-refractivity contribution < 1.29 is 18.8 Å².